The molecule has 1 unspecified atom stereocenters. The molecule has 0 aromatic carbocycles. The summed E-state index contributed by atoms with van der Waals surface area (Å²) in [4.78, 5) is 4.19. The summed E-state index contributed by atoms with van der Waals surface area (Å²) in [6.07, 6.45) is 1.64. The van der Waals surface area contributed by atoms with Crippen LogP contribution in [0, 0.1) is 0 Å². The topological polar surface area (TPSA) is 122 Å². The van der Waals surface area contributed by atoms with E-state index in [1.165, 1.54) is 0 Å². The molecule has 1 aliphatic heterocycles. The Morgan fingerprint density at radius 1 is 1.35 bits per heavy atom. The van der Waals surface area contributed by atoms with Crippen LogP contribution in [-0.4, -0.2) is 35.7 Å². The predicted molar refractivity (Wildman–Crippen MR) is 78.2 cm³/mol. The highest BCUT2D eigenvalue weighted by Gasteiger charge is 2.53. The first-order chi connectivity index (χ1) is 9.33. The molecule has 1 aliphatic rings. The van der Waals surface area contributed by atoms with Crippen LogP contribution in [0.1, 0.15) is 26.5 Å². The lowest BCUT2D eigenvalue weighted by Gasteiger charge is -2.35. The summed E-state index contributed by atoms with van der Waals surface area (Å²) in [6.45, 7) is 6.23. The monoisotopic (exact) mass is 277 g/mol. The number of hydrazone groups is 1. The smallest absolute Gasteiger partial charge is 0.399 e. The lowest BCUT2D eigenvalue weighted by atomic mass is 9.80. The van der Waals surface area contributed by atoms with Crippen molar-refractivity contribution < 1.29 is 9.31 Å². The average molecular weight is 277 g/mol. The van der Waals surface area contributed by atoms with Gasteiger partial charge in [0.05, 0.1) is 11.2 Å². The minimum atomic E-state index is -0.548. The zero-order chi connectivity index (χ0) is 15.0. The van der Waals surface area contributed by atoms with Crippen molar-refractivity contribution in [3.63, 3.8) is 0 Å². The van der Waals surface area contributed by atoms with Crippen LogP contribution in [0.4, 0.5) is 0 Å². The molecule has 108 valence electrons. The zero-order valence-electron chi connectivity index (χ0n) is 12.0. The molecular weight excluding hydrogens is 257 g/mol. The third-order valence-electron chi connectivity index (χ3n) is 3.89. The largest absolute Gasteiger partial charge is 0.496 e. The first-order valence-electron chi connectivity index (χ1n) is 6.38. The predicted octanol–water partition coefficient (Wildman–Crippen LogP) is -1.10. The van der Waals surface area contributed by atoms with E-state index in [0.29, 0.717) is 12.2 Å². The standard InChI is InChI=1S/C12H20BN5O2/c1-11(2)12(3,7-14)20-13(19-11)8-4-5-9(17-6-8)10(15)18-16/h4-6H,7,14,16H2,1-3H3,(H2,15,18). The zero-order valence-corrected chi connectivity index (χ0v) is 12.0. The van der Waals surface area contributed by atoms with Crippen LogP contribution in [-0.2, 0) is 9.31 Å². The van der Waals surface area contributed by atoms with Crippen LogP contribution in [0.15, 0.2) is 23.4 Å². The van der Waals surface area contributed by atoms with Gasteiger partial charge in [0.2, 0.25) is 0 Å². The fourth-order valence-electron chi connectivity index (χ4n) is 1.99. The molecular formula is C12H20BN5O2. The van der Waals surface area contributed by atoms with E-state index in [-0.39, 0.29) is 5.84 Å². The summed E-state index contributed by atoms with van der Waals surface area (Å²) < 4.78 is 11.9. The van der Waals surface area contributed by atoms with Crippen LogP contribution in [0.3, 0.4) is 0 Å². The molecule has 2 rings (SSSR count). The maximum absolute atomic E-state index is 5.95. The van der Waals surface area contributed by atoms with Gasteiger partial charge in [-0.25, -0.2) is 0 Å². The van der Waals surface area contributed by atoms with Gasteiger partial charge in [0.15, 0.2) is 5.84 Å². The van der Waals surface area contributed by atoms with Crippen LogP contribution >= 0.6 is 0 Å². The van der Waals surface area contributed by atoms with Gasteiger partial charge in [0.1, 0.15) is 5.69 Å². The Bertz CT molecular complexity index is 519. The average Bonchev–Trinajstić information content (AvgIpc) is 2.69. The van der Waals surface area contributed by atoms with E-state index in [1.807, 2.05) is 26.8 Å². The number of pyridine rings is 1. The first-order valence-corrected chi connectivity index (χ1v) is 6.38. The van der Waals surface area contributed by atoms with Gasteiger partial charge in [0, 0.05) is 18.2 Å². The molecule has 8 heteroatoms. The van der Waals surface area contributed by atoms with Crippen molar-refractivity contribution in [2.75, 3.05) is 6.54 Å². The Kier molecular flexibility index (Phi) is 3.72. The Morgan fingerprint density at radius 2 is 2.05 bits per heavy atom. The van der Waals surface area contributed by atoms with Crippen molar-refractivity contribution in [1.29, 1.82) is 0 Å². The molecule has 1 aromatic heterocycles. The van der Waals surface area contributed by atoms with E-state index < -0.39 is 18.3 Å². The molecule has 1 saturated heterocycles. The quantitative estimate of drug-likeness (QED) is 0.212. The fraction of sp³-hybridized carbons (Fsp3) is 0.500. The molecule has 0 amide bonds. The van der Waals surface area contributed by atoms with Gasteiger partial charge >= 0.3 is 7.12 Å². The molecule has 0 aliphatic carbocycles. The molecule has 1 atom stereocenters. The minimum Gasteiger partial charge on any atom is -0.399 e. The molecule has 0 radical (unpaired) electrons. The number of hydrogen-bond acceptors (Lipinski definition) is 6. The summed E-state index contributed by atoms with van der Waals surface area (Å²) in [6, 6.07) is 3.54. The van der Waals surface area contributed by atoms with Gasteiger partial charge in [-0.3, -0.25) is 4.98 Å². The molecule has 0 bridgehead atoms. The Hall–Kier alpha value is -1.64. The third-order valence-corrected chi connectivity index (χ3v) is 3.89. The molecule has 0 spiro atoms. The van der Waals surface area contributed by atoms with Crippen molar-refractivity contribution in [3.8, 4) is 0 Å². The number of rotatable bonds is 3. The van der Waals surface area contributed by atoms with E-state index in [2.05, 4.69) is 10.1 Å². The van der Waals surface area contributed by atoms with Crippen LogP contribution in [0.25, 0.3) is 0 Å². The summed E-state index contributed by atoms with van der Waals surface area (Å²) in [5, 5.41) is 3.40. The van der Waals surface area contributed by atoms with E-state index in [4.69, 9.17) is 26.6 Å². The van der Waals surface area contributed by atoms with Crippen molar-refractivity contribution in [3.05, 3.63) is 24.0 Å². The summed E-state index contributed by atoms with van der Waals surface area (Å²) in [5.74, 6) is 5.29. The number of nitrogens with zero attached hydrogens (tertiary/aromatic N) is 2. The maximum Gasteiger partial charge on any atom is 0.496 e. The number of aromatic nitrogens is 1. The maximum atomic E-state index is 5.95. The van der Waals surface area contributed by atoms with Crippen LogP contribution in [0.5, 0.6) is 0 Å². The van der Waals surface area contributed by atoms with E-state index >= 15 is 0 Å². The Balaban J connectivity index is 2.22. The van der Waals surface area contributed by atoms with E-state index in [9.17, 15) is 0 Å². The highest BCUT2D eigenvalue weighted by atomic mass is 16.7. The molecule has 6 N–H and O–H groups in total. The first kappa shape index (κ1) is 14.8. The van der Waals surface area contributed by atoms with Crippen molar-refractivity contribution in [1.82, 2.24) is 4.98 Å². The van der Waals surface area contributed by atoms with Crippen molar-refractivity contribution in [2.45, 2.75) is 32.0 Å². The SMILES string of the molecule is CC1(C)OB(c2ccc(/C(N)=N/N)nc2)OC1(C)CN. The van der Waals surface area contributed by atoms with E-state index in [1.54, 1.807) is 12.3 Å². The molecule has 0 saturated carbocycles. The van der Waals surface area contributed by atoms with Crippen LogP contribution < -0.4 is 22.8 Å². The number of amidine groups is 1. The van der Waals surface area contributed by atoms with Gasteiger partial charge in [-0.2, -0.15) is 5.10 Å². The lowest BCUT2D eigenvalue weighted by molar-refractivity contribution is -0.00187. The molecule has 2 heterocycles. The lowest BCUT2D eigenvalue weighted by Crippen LogP contribution is -2.50. The van der Waals surface area contributed by atoms with Gasteiger partial charge < -0.3 is 26.6 Å². The number of nitrogens with two attached hydrogens (primary N) is 3. The fourth-order valence-corrected chi connectivity index (χ4v) is 1.99. The molecule has 1 fully saturated rings. The second-order valence-electron chi connectivity index (χ2n) is 5.50. The van der Waals surface area contributed by atoms with Gasteiger partial charge in [0.25, 0.3) is 0 Å². The Morgan fingerprint density at radius 3 is 2.50 bits per heavy atom. The second kappa shape index (κ2) is 5.04. The van der Waals surface area contributed by atoms with Gasteiger partial charge in [-0.1, -0.05) is 6.07 Å². The van der Waals surface area contributed by atoms with Crippen LogP contribution in [0.2, 0.25) is 0 Å². The molecule has 1 aromatic rings. The van der Waals surface area contributed by atoms with Gasteiger partial charge in [-0.15, -0.1) is 0 Å². The van der Waals surface area contributed by atoms with Crippen molar-refractivity contribution >= 4 is 18.4 Å². The highest BCUT2D eigenvalue weighted by Crippen LogP contribution is 2.36. The normalized spacial score (nSPS) is 26.0. The van der Waals surface area contributed by atoms with E-state index in [0.717, 1.165) is 5.46 Å². The summed E-state index contributed by atoms with van der Waals surface area (Å²) in [5.41, 5.74) is 11.7. The second-order valence-corrected chi connectivity index (χ2v) is 5.50. The molecule has 7 nitrogen and oxygen atoms in total. The highest BCUT2D eigenvalue weighted by molar-refractivity contribution is 6.62. The molecule has 20 heavy (non-hydrogen) atoms. The minimum absolute atomic E-state index is 0.178. The third kappa shape index (κ3) is 2.37. The van der Waals surface area contributed by atoms with Crippen molar-refractivity contribution in [2.24, 2.45) is 22.4 Å². The summed E-state index contributed by atoms with van der Waals surface area (Å²) >= 11 is 0. The summed E-state index contributed by atoms with van der Waals surface area (Å²) in [7, 11) is -0.504. The Labute approximate surface area is 118 Å². The van der Waals surface area contributed by atoms with Gasteiger partial charge in [-0.05, 0) is 26.8 Å². The number of hydrogen-bond donors (Lipinski definition) is 3.